The molecule has 0 N–H and O–H groups in total. The molecule has 0 saturated carbocycles. The van der Waals surface area contributed by atoms with Crippen LogP contribution >= 0.6 is 0 Å². The quantitative estimate of drug-likeness (QED) is 0.439. The smallest absolute Gasteiger partial charge is 0.329 e. The SMILES string of the molecule is COC(=O)C1CN(CC#Cc2ccccc2)CCN1C(=O)C(c1ccccc1)c1ccccc1. The fourth-order valence-electron chi connectivity index (χ4n) is 4.29. The Labute approximate surface area is 201 Å². The van der Waals surface area contributed by atoms with Crippen LogP contribution in [0.15, 0.2) is 91.0 Å². The molecule has 1 heterocycles. The first-order valence-electron chi connectivity index (χ1n) is 11.4. The predicted octanol–water partition coefficient (Wildman–Crippen LogP) is 3.56. The molecular formula is C29H28N2O3. The molecule has 0 aliphatic carbocycles. The minimum absolute atomic E-state index is 0.0946. The lowest BCUT2D eigenvalue weighted by atomic mass is 9.89. The Morgan fingerprint density at radius 3 is 2.00 bits per heavy atom. The Kier molecular flexibility index (Phi) is 7.75. The van der Waals surface area contributed by atoms with Crippen molar-refractivity contribution in [3.63, 3.8) is 0 Å². The zero-order valence-electron chi connectivity index (χ0n) is 19.3. The van der Waals surface area contributed by atoms with Crippen molar-refractivity contribution in [3.05, 3.63) is 108 Å². The van der Waals surface area contributed by atoms with Crippen LogP contribution in [0, 0.1) is 11.8 Å². The van der Waals surface area contributed by atoms with E-state index in [4.69, 9.17) is 4.74 Å². The second kappa shape index (κ2) is 11.3. The molecule has 1 unspecified atom stereocenters. The summed E-state index contributed by atoms with van der Waals surface area (Å²) in [5.74, 6) is 5.35. The Balaban J connectivity index is 1.55. The number of piperazine rings is 1. The van der Waals surface area contributed by atoms with Gasteiger partial charge in [-0.1, -0.05) is 90.7 Å². The number of methoxy groups -OCH3 is 1. The van der Waals surface area contributed by atoms with E-state index < -0.39 is 17.9 Å². The summed E-state index contributed by atoms with van der Waals surface area (Å²) in [6.07, 6.45) is 0. The highest BCUT2D eigenvalue weighted by molar-refractivity contribution is 5.91. The maximum Gasteiger partial charge on any atom is 0.329 e. The van der Waals surface area contributed by atoms with E-state index in [1.165, 1.54) is 7.11 Å². The highest BCUT2D eigenvalue weighted by Gasteiger charge is 2.39. The molecule has 1 aliphatic heterocycles. The molecule has 5 heteroatoms. The number of hydrogen-bond donors (Lipinski definition) is 0. The van der Waals surface area contributed by atoms with Crippen molar-refractivity contribution in [2.24, 2.45) is 0 Å². The summed E-state index contributed by atoms with van der Waals surface area (Å²) in [6, 6.07) is 28.5. The van der Waals surface area contributed by atoms with Crippen molar-refractivity contribution in [1.29, 1.82) is 0 Å². The molecule has 1 fully saturated rings. The maximum absolute atomic E-state index is 13.9. The maximum atomic E-state index is 13.9. The lowest BCUT2D eigenvalue weighted by Gasteiger charge is -2.40. The van der Waals surface area contributed by atoms with Crippen LogP contribution in [-0.2, 0) is 14.3 Å². The van der Waals surface area contributed by atoms with Gasteiger partial charge in [-0.25, -0.2) is 4.79 Å². The second-order valence-corrected chi connectivity index (χ2v) is 8.23. The second-order valence-electron chi connectivity index (χ2n) is 8.23. The number of benzene rings is 3. The van der Waals surface area contributed by atoms with Crippen molar-refractivity contribution < 1.29 is 14.3 Å². The van der Waals surface area contributed by atoms with Crippen LogP contribution in [-0.4, -0.2) is 61.0 Å². The van der Waals surface area contributed by atoms with E-state index in [1.54, 1.807) is 4.90 Å². The molecule has 0 spiro atoms. The number of nitrogens with zero attached hydrogens (tertiary/aromatic N) is 2. The van der Waals surface area contributed by atoms with Crippen molar-refractivity contribution >= 4 is 11.9 Å². The van der Waals surface area contributed by atoms with Crippen LogP contribution < -0.4 is 0 Å². The molecule has 0 bridgehead atoms. The number of carbonyl (C=O) groups is 2. The summed E-state index contributed by atoms with van der Waals surface area (Å²) >= 11 is 0. The molecule has 34 heavy (non-hydrogen) atoms. The van der Waals surface area contributed by atoms with E-state index >= 15 is 0 Å². The highest BCUT2D eigenvalue weighted by Crippen LogP contribution is 2.28. The monoisotopic (exact) mass is 452 g/mol. The molecule has 4 rings (SSSR count). The summed E-state index contributed by atoms with van der Waals surface area (Å²) in [5.41, 5.74) is 2.76. The van der Waals surface area contributed by atoms with Gasteiger partial charge in [-0.15, -0.1) is 0 Å². The van der Waals surface area contributed by atoms with Gasteiger partial charge >= 0.3 is 5.97 Å². The molecule has 1 amide bonds. The van der Waals surface area contributed by atoms with Gasteiger partial charge in [-0.3, -0.25) is 9.69 Å². The third kappa shape index (κ3) is 5.54. The third-order valence-corrected chi connectivity index (χ3v) is 6.04. The van der Waals surface area contributed by atoms with Crippen LogP contribution in [0.4, 0.5) is 0 Å². The topological polar surface area (TPSA) is 49.9 Å². The fraction of sp³-hybridized carbons (Fsp3) is 0.241. The number of hydrogen-bond acceptors (Lipinski definition) is 4. The van der Waals surface area contributed by atoms with Gasteiger partial charge in [0.2, 0.25) is 5.91 Å². The van der Waals surface area contributed by atoms with Gasteiger partial charge in [-0.2, -0.15) is 0 Å². The molecular weight excluding hydrogens is 424 g/mol. The van der Waals surface area contributed by atoms with Gasteiger partial charge < -0.3 is 9.64 Å². The molecule has 0 aromatic heterocycles. The third-order valence-electron chi connectivity index (χ3n) is 6.04. The number of amides is 1. The lowest BCUT2D eigenvalue weighted by Crippen LogP contribution is -2.59. The van der Waals surface area contributed by atoms with Gasteiger partial charge in [0.15, 0.2) is 0 Å². The molecule has 0 radical (unpaired) electrons. The predicted molar refractivity (Wildman–Crippen MR) is 132 cm³/mol. The molecule has 5 nitrogen and oxygen atoms in total. The first-order chi connectivity index (χ1) is 16.7. The van der Waals surface area contributed by atoms with Crippen LogP contribution in [0.25, 0.3) is 0 Å². The number of ether oxygens (including phenoxy) is 1. The Bertz CT molecular complexity index is 1110. The van der Waals surface area contributed by atoms with Gasteiger partial charge in [0, 0.05) is 25.2 Å². The molecule has 172 valence electrons. The number of esters is 1. The number of rotatable bonds is 5. The average molecular weight is 453 g/mol. The van der Waals surface area contributed by atoms with Gasteiger partial charge in [-0.05, 0) is 23.3 Å². The number of carbonyl (C=O) groups excluding carboxylic acids is 2. The van der Waals surface area contributed by atoms with Crippen molar-refractivity contribution in [2.45, 2.75) is 12.0 Å². The van der Waals surface area contributed by atoms with Crippen LogP contribution in [0.3, 0.4) is 0 Å². The van der Waals surface area contributed by atoms with E-state index in [0.29, 0.717) is 26.2 Å². The zero-order chi connectivity index (χ0) is 23.8. The van der Waals surface area contributed by atoms with Crippen molar-refractivity contribution in [1.82, 2.24) is 9.80 Å². The highest BCUT2D eigenvalue weighted by atomic mass is 16.5. The van der Waals surface area contributed by atoms with E-state index in [1.807, 2.05) is 91.0 Å². The lowest BCUT2D eigenvalue weighted by molar-refractivity contribution is -0.156. The zero-order valence-corrected chi connectivity index (χ0v) is 19.3. The summed E-state index contributed by atoms with van der Waals surface area (Å²) in [6.45, 7) is 1.98. The van der Waals surface area contributed by atoms with E-state index in [-0.39, 0.29) is 5.91 Å². The summed E-state index contributed by atoms with van der Waals surface area (Å²) in [7, 11) is 1.37. The summed E-state index contributed by atoms with van der Waals surface area (Å²) < 4.78 is 5.09. The van der Waals surface area contributed by atoms with Gasteiger partial charge in [0.05, 0.1) is 19.6 Å². The standard InChI is InChI=1S/C29H28N2O3/c1-34-29(33)26-22-30(19-11-14-23-12-5-2-6-13-23)20-21-31(26)28(32)27(24-15-7-3-8-16-24)25-17-9-4-10-18-25/h2-10,12-13,15-18,26-27H,19-22H2,1H3. The summed E-state index contributed by atoms with van der Waals surface area (Å²) in [4.78, 5) is 30.4. The van der Waals surface area contributed by atoms with Gasteiger partial charge in [0.25, 0.3) is 0 Å². The van der Waals surface area contributed by atoms with E-state index in [2.05, 4.69) is 16.7 Å². The first-order valence-corrected chi connectivity index (χ1v) is 11.4. The molecule has 1 atom stereocenters. The van der Waals surface area contributed by atoms with Crippen LogP contribution in [0.1, 0.15) is 22.6 Å². The van der Waals surface area contributed by atoms with Crippen LogP contribution in [0.2, 0.25) is 0 Å². The molecule has 3 aromatic carbocycles. The normalized spacial score (nSPS) is 15.9. The average Bonchev–Trinajstić information content (AvgIpc) is 2.90. The fourth-order valence-corrected chi connectivity index (χ4v) is 4.29. The minimum atomic E-state index is -0.681. The molecule has 1 saturated heterocycles. The Morgan fingerprint density at radius 2 is 1.44 bits per heavy atom. The van der Waals surface area contributed by atoms with Crippen molar-refractivity contribution in [2.75, 3.05) is 33.3 Å². The van der Waals surface area contributed by atoms with Crippen molar-refractivity contribution in [3.8, 4) is 11.8 Å². The van der Waals surface area contributed by atoms with E-state index in [0.717, 1.165) is 16.7 Å². The molecule has 1 aliphatic rings. The Hall–Kier alpha value is -3.88. The largest absolute Gasteiger partial charge is 0.467 e. The Morgan fingerprint density at radius 1 is 0.882 bits per heavy atom. The molecule has 3 aromatic rings. The van der Waals surface area contributed by atoms with Gasteiger partial charge in [0.1, 0.15) is 6.04 Å². The first kappa shape index (κ1) is 23.3. The minimum Gasteiger partial charge on any atom is -0.467 e. The summed E-state index contributed by atoms with van der Waals surface area (Å²) in [5, 5.41) is 0. The van der Waals surface area contributed by atoms with E-state index in [9.17, 15) is 9.59 Å². The van der Waals surface area contributed by atoms with Crippen LogP contribution in [0.5, 0.6) is 0 Å².